The van der Waals surface area contributed by atoms with Gasteiger partial charge in [-0.2, -0.15) is 9.29 Å². The maximum Gasteiger partial charge on any atom is 0.246 e. The number of hydrogen-bond acceptors (Lipinski definition) is 7. The predicted octanol–water partition coefficient (Wildman–Crippen LogP) is 1.41. The molecule has 0 amide bonds. The third-order valence-corrected chi connectivity index (χ3v) is 7.11. The van der Waals surface area contributed by atoms with E-state index >= 15 is 0 Å². The maximum absolute atomic E-state index is 14.0. The van der Waals surface area contributed by atoms with E-state index < -0.39 is 26.6 Å². The molecule has 11 heteroatoms. The van der Waals surface area contributed by atoms with E-state index in [1.807, 2.05) is 17.9 Å². The number of morpholine rings is 1. The monoisotopic (exact) mass is 439 g/mol. The molecule has 2 aromatic rings. The number of aromatic nitrogens is 2. The van der Waals surface area contributed by atoms with E-state index in [9.17, 15) is 17.2 Å². The van der Waals surface area contributed by atoms with Gasteiger partial charge in [0, 0.05) is 51.0 Å². The van der Waals surface area contributed by atoms with Crippen molar-refractivity contribution in [3.8, 4) is 0 Å². The number of anilines is 2. The van der Waals surface area contributed by atoms with E-state index in [4.69, 9.17) is 4.74 Å². The number of sulfonamides is 1. The van der Waals surface area contributed by atoms with Gasteiger partial charge in [0.1, 0.15) is 22.3 Å². The lowest BCUT2D eigenvalue weighted by atomic mass is 10.3. The minimum Gasteiger partial charge on any atom is -0.378 e. The van der Waals surface area contributed by atoms with Crippen LogP contribution in [-0.4, -0.2) is 75.2 Å². The summed E-state index contributed by atoms with van der Waals surface area (Å²) in [5, 5.41) is 0. The summed E-state index contributed by atoms with van der Waals surface area (Å²) >= 11 is 0. The molecule has 3 heterocycles. The van der Waals surface area contributed by atoms with Gasteiger partial charge in [0.05, 0.1) is 13.2 Å². The molecule has 0 saturated carbocycles. The molecule has 0 N–H and O–H groups in total. The van der Waals surface area contributed by atoms with E-state index in [1.165, 1.54) is 4.31 Å². The van der Waals surface area contributed by atoms with Gasteiger partial charge in [-0.05, 0) is 25.1 Å². The predicted molar refractivity (Wildman–Crippen MR) is 107 cm³/mol. The minimum absolute atomic E-state index is 0.147. The van der Waals surface area contributed by atoms with Crippen molar-refractivity contribution >= 4 is 21.8 Å². The fourth-order valence-corrected chi connectivity index (χ4v) is 5.07. The van der Waals surface area contributed by atoms with Crippen LogP contribution in [0.5, 0.6) is 0 Å². The fraction of sp³-hybridized carbons (Fsp3) is 0.474. The van der Waals surface area contributed by atoms with Crippen LogP contribution in [0.3, 0.4) is 0 Å². The van der Waals surface area contributed by atoms with E-state index in [0.717, 1.165) is 29.7 Å². The van der Waals surface area contributed by atoms with Crippen molar-refractivity contribution in [3.63, 3.8) is 0 Å². The van der Waals surface area contributed by atoms with Crippen molar-refractivity contribution in [2.24, 2.45) is 0 Å². The smallest absolute Gasteiger partial charge is 0.246 e. The van der Waals surface area contributed by atoms with Gasteiger partial charge in [-0.25, -0.2) is 22.2 Å². The van der Waals surface area contributed by atoms with Crippen LogP contribution >= 0.6 is 0 Å². The Morgan fingerprint density at radius 1 is 0.933 bits per heavy atom. The summed E-state index contributed by atoms with van der Waals surface area (Å²) in [6.45, 7) is 5.64. The van der Waals surface area contributed by atoms with Gasteiger partial charge >= 0.3 is 0 Å². The van der Waals surface area contributed by atoms with E-state index in [2.05, 4.69) is 14.9 Å². The SMILES string of the molecule is Cc1cc(N2CCN(S(=O)(=O)c3cc(F)ccc3F)CC2)nc(N2CCOCC2)n1. The Bertz CT molecular complexity index is 1020. The van der Waals surface area contributed by atoms with Gasteiger partial charge in [-0.15, -0.1) is 0 Å². The summed E-state index contributed by atoms with van der Waals surface area (Å²) in [6.07, 6.45) is 0. The van der Waals surface area contributed by atoms with Gasteiger partial charge in [0.2, 0.25) is 16.0 Å². The van der Waals surface area contributed by atoms with E-state index in [0.29, 0.717) is 45.3 Å². The minimum atomic E-state index is -4.12. The molecule has 2 aliphatic heterocycles. The average molecular weight is 439 g/mol. The molecule has 1 aromatic carbocycles. The zero-order valence-corrected chi connectivity index (χ0v) is 17.4. The first-order chi connectivity index (χ1) is 14.3. The highest BCUT2D eigenvalue weighted by Gasteiger charge is 2.31. The molecule has 0 atom stereocenters. The van der Waals surface area contributed by atoms with Crippen molar-refractivity contribution in [2.75, 3.05) is 62.3 Å². The number of hydrogen-bond donors (Lipinski definition) is 0. The highest BCUT2D eigenvalue weighted by atomic mass is 32.2. The van der Waals surface area contributed by atoms with E-state index in [-0.39, 0.29) is 13.1 Å². The lowest BCUT2D eigenvalue weighted by Gasteiger charge is -2.35. The van der Waals surface area contributed by atoms with Crippen LogP contribution in [0.2, 0.25) is 0 Å². The molecule has 162 valence electrons. The standard InChI is InChI=1S/C19H23F2N5O3S/c1-14-12-18(23-19(22-14)25-8-10-29-11-9-25)24-4-6-26(7-5-24)30(27,28)17-13-15(20)2-3-16(17)21/h2-3,12-13H,4-11H2,1H3. The lowest BCUT2D eigenvalue weighted by molar-refractivity contribution is 0.122. The molecule has 0 radical (unpaired) electrons. The Morgan fingerprint density at radius 3 is 2.33 bits per heavy atom. The first kappa shape index (κ1) is 20.9. The summed E-state index contributed by atoms with van der Waals surface area (Å²) in [7, 11) is -4.12. The number of aryl methyl sites for hydroxylation is 1. The molecule has 0 unspecified atom stereocenters. The van der Waals surface area contributed by atoms with Crippen LogP contribution in [0.1, 0.15) is 5.69 Å². The van der Waals surface area contributed by atoms with Crippen molar-refractivity contribution in [1.29, 1.82) is 0 Å². The van der Waals surface area contributed by atoms with Gasteiger partial charge < -0.3 is 14.5 Å². The van der Waals surface area contributed by atoms with Crippen molar-refractivity contribution in [2.45, 2.75) is 11.8 Å². The molecule has 8 nitrogen and oxygen atoms in total. The van der Waals surface area contributed by atoms with Crippen LogP contribution in [-0.2, 0) is 14.8 Å². The second-order valence-corrected chi connectivity index (χ2v) is 9.14. The summed E-state index contributed by atoms with van der Waals surface area (Å²) < 4.78 is 59.6. The fourth-order valence-electron chi connectivity index (χ4n) is 3.57. The number of halogens is 2. The Balaban J connectivity index is 1.49. The highest BCUT2D eigenvalue weighted by Crippen LogP contribution is 2.24. The van der Waals surface area contributed by atoms with Crippen molar-refractivity contribution < 1.29 is 21.9 Å². The third kappa shape index (κ3) is 4.23. The number of ether oxygens (including phenoxy) is 1. The molecule has 0 aliphatic carbocycles. The quantitative estimate of drug-likeness (QED) is 0.713. The summed E-state index contributed by atoms with van der Waals surface area (Å²) in [5.41, 5.74) is 0.818. The molecule has 2 aliphatic rings. The molecule has 2 saturated heterocycles. The van der Waals surface area contributed by atoms with Crippen molar-refractivity contribution in [1.82, 2.24) is 14.3 Å². The Hall–Kier alpha value is -2.37. The normalized spacial score (nSPS) is 18.6. The van der Waals surface area contributed by atoms with Crippen LogP contribution in [0.25, 0.3) is 0 Å². The highest BCUT2D eigenvalue weighted by molar-refractivity contribution is 7.89. The van der Waals surface area contributed by atoms with Crippen LogP contribution in [0.4, 0.5) is 20.5 Å². The molecular formula is C19H23F2N5O3S. The number of nitrogens with zero attached hydrogens (tertiary/aromatic N) is 5. The topological polar surface area (TPSA) is 78.9 Å². The number of piperazine rings is 1. The Morgan fingerprint density at radius 2 is 1.63 bits per heavy atom. The molecular weight excluding hydrogens is 416 g/mol. The molecule has 0 bridgehead atoms. The molecule has 1 aromatic heterocycles. The first-order valence-electron chi connectivity index (χ1n) is 9.73. The summed E-state index contributed by atoms with van der Waals surface area (Å²) in [5.74, 6) is -0.399. The van der Waals surface area contributed by atoms with Crippen molar-refractivity contribution in [3.05, 3.63) is 41.6 Å². The molecule has 30 heavy (non-hydrogen) atoms. The zero-order chi connectivity index (χ0) is 21.3. The first-order valence-corrected chi connectivity index (χ1v) is 11.2. The Labute approximate surface area is 174 Å². The number of benzene rings is 1. The average Bonchev–Trinajstić information content (AvgIpc) is 2.75. The van der Waals surface area contributed by atoms with Gasteiger partial charge in [-0.1, -0.05) is 0 Å². The maximum atomic E-state index is 14.0. The second-order valence-electron chi connectivity index (χ2n) is 7.23. The molecule has 0 spiro atoms. The summed E-state index contributed by atoms with van der Waals surface area (Å²) in [6, 6.07) is 4.31. The second kappa shape index (κ2) is 8.40. The summed E-state index contributed by atoms with van der Waals surface area (Å²) in [4.78, 5) is 12.6. The van der Waals surface area contributed by atoms with Crippen LogP contribution < -0.4 is 9.80 Å². The molecule has 2 fully saturated rings. The molecule has 4 rings (SSSR count). The van der Waals surface area contributed by atoms with Gasteiger partial charge in [-0.3, -0.25) is 0 Å². The zero-order valence-electron chi connectivity index (χ0n) is 16.6. The third-order valence-electron chi connectivity index (χ3n) is 5.20. The van der Waals surface area contributed by atoms with Crippen LogP contribution in [0.15, 0.2) is 29.2 Å². The van der Waals surface area contributed by atoms with Gasteiger partial charge in [0.15, 0.2) is 0 Å². The Kier molecular flexibility index (Phi) is 5.85. The largest absolute Gasteiger partial charge is 0.378 e. The van der Waals surface area contributed by atoms with E-state index in [1.54, 1.807) is 0 Å². The number of rotatable bonds is 4. The van der Waals surface area contributed by atoms with Gasteiger partial charge in [0.25, 0.3) is 0 Å². The lowest BCUT2D eigenvalue weighted by Crippen LogP contribution is -2.49. The van der Waals surface area contributed by atoms with Crippen LogP contribution in [0, 0.1) is 18.6 Å².